The number of hydrogen-bond donors (Lipinski definition) is 3. The molecule has 1 amide bonds. The summed E-state index contributed by atoms with van der Waals surface area (Å²) in [7, 11) is 0. The van der Waals surface area contributed by atoms with Crippen molar-refractivity contribution in [3.05, 3.63) is 29.7 Å². The Morgan fingerprint density at radius 1 is 1.48 bits per heavy atom. The first-order valence-electron chi connectivity index (χ1n) is 6.53. The highest BCUT2D eigenvalue weighted by Gasteiger charge is 2.31. The van der Waals surface area contributed by atoms with Crippen LogP contribution in [0.5, 0.6) is 0 Å². The zero-order valence-electron chi connectivity index (χ0n) is 11.4. The fourth-order valence-corrected chi connectivity index (χ4v) is 3.42. The molecule has 1 aliphatic rings. The smallest absolute Gasteiger partial charge is 0.285 e. The highest BCUT2D eigenvalue weighted by molar-refractivity contribution is 7.99. The van der Waals surface area contributed by atoms with Gasteiger partial charge in [-0.05, 0) is 19.1 Å². The molecule has 3 heterocycles. The number of carbonyl (C=O) groups excluding carboxylic acids is 1. The lowest BCUT2D eigenvalue weighted by atomic mass is 10.3. The third-order valence-corrected chi connectivity index (χ3v) is 4.54. The van der Waals surface area contributed by atoms with Gasteiger partial charge in [-0.1, -0.05) is 6.07 Å². The van der Waals surface area contributed by atoms with Gasteiger partial charge in [0.25, 0.3) is 5.91 Å². The van der Waals surface area contributed by atoms with Crippen LogP contribution in [0.15, 0.2) is 18.2 Å². The van der Waals surface area contributed by atoms with Crippen molar-refractivity contribution < 1.29 is 15.0 Å². The first-order chi connectivity index (χ1) is 10.0. The van der Waals surface area contributed by atoms with Crippen LogP contribution in [0.2, 0.25) is 0 Å². The van der Waals surface area contributed by atoms with Gasteiger partial charge in [-0.25, -0.2) is 4.98 Å². The number of fused-ring (bicyclic) bond motifs is 1. The lowest BCUT2D eigenvalue weighted by molar-refractivity contribution is 0.0669. The van der Waals surface area contributed by atoms with Gasteiger partial charge in [0.2, 0.25) is 5.82 Å². The molecular formula is C13H16N4O3S. The van der Waals surface area contributed by atoms with Crippen LogP contribution >= 0.6 is 11.8 Å². The molecule has 2 aromatic heterocycles. The number of pyridine rings is 1. The highest BCUT2D eigenvalue weighted by Crippen LogP contribution is 2.29. The lowest BCUT2D eigenvalue weighted by Crippen LogP contribution is -2.48. The zero-order chi connectivity index (χ0) is 15.1. The molecule has 2 unspecified atom stereocenters. The Labute approximate surface area is 125 Å². The second-order valence-corrected chi connectivity index (χ2v) is 6.08. The van der Waals surface area contributed by atoms with E-state index in [0.29, 0.717) is 23.8 Å². The largest absolute Gasteiger partial charge is 0.378 e. The molecule has 3 rings (SSSR count). The van der Waals surface area contributed by atoms with Crippen molar-refractivity contribution in [2.45, 2.75) is 18.6 Å². The summed E-state index contributed by atoms with van der Waals surface area (Å²) in [6.07, 6.45) is -1.04. The van der Waals surface area contributed by atoms with Gasteiger partial charge in [0.05, 0.1) is 11.2 Å². The third kappa shape index (κ3) is 2.25. The predicted molar refractivity (Wildman–Crippen MR) is 80.3 cm³/mol. The maximum Gasteiger partial charge on any atom is 0.285 e. The number of rotatable bonds is 2. The van der Waals surface area contributed by atoms with Gasteiger partial charge in [0, 0.05) is 12.3 Å². The van der Waals surface area contributed by atoms with Crippen molar-refractivity contribution in [2.24, 2.45) is 5.73 Å². The SMILES string of the molecule is Cc1nc(C(N)=O)n2c(N3CCSC(O)C3O)cccc12. The van der Waals surface area contributed by atoms with Gasteiger partial charge in [0.15, 0.2) is 6.23 Å². The number of aromatic nitrogens is 2. The Bertz CT molecular complexity index is 702. The Morgan fingerprint density at radius 2 is 2.24 bits per heavy atom. The molecule has 1 fully saturated rings. The first kappa shape index (κ1) is 14.2. The summed E-state index contributed by atoms with van der Waals surface area (Å²) in [5.74, 6) is 0.757. The summed E-state index contributed by atoms with van der Waals surface area (Å²) in [6, 6.07) is 5.43. The van der Waals surface area contributed by atoms with E-state index in [9.17, 15) is 15.0 Å². The van der Waals surface area contributed by atoms with Crippen molar-refractivity contribution in [2.75, 3.05) is 17.2 Å². The molecule has 2 atom stereocenters. The molecule has 8 heteroatoms. The minimum atomic E-state index is -1.04. The molecule has 2 aromatic rings. The molecule has 1 aliphatic heterocycles. The molecule has 0 aliphatic carbocycles. The van der Waals surface area contributed by atoms with Gasteiger partial charge in [0.1, 0.15) is 11.3 Å². The maximum absolute atomic E-state index is 11.6. The molecule has 112 valence electrons. The summed E-state index contributed by atoms with van der Waals surface area (Å²) in [4.78, 5) is 17.5. The van der Waals surface area contributed by atoms with Crippen LogP contribution in [0.25, 0.3) is 5.52 Å². The van der Waals surface area contributed by atoms with E-state index in [0.717, 1.165) is 5.52 Å². The quantitative estimate of drug-likeness (QED) is 0.717. The summed E-state index contributed by atoms with van der Waals surface area (Å²) < 4.78 is 1.63. The molecule has 0 radical (unpaired) electrons. The summed E-state index contributed by atoms with van der Waals surface area (Å²) in [6.45, 7) is 2.35. The minimum absolute atomic E-state index is 0.123. The van der Waals surface area contributed by atoms with Crippen molar-refractivity contribution in [3.8, 4) is 0 Å². The van der Waals surface area contributed by atoms with Crippen LogP contribution < -0.4 is 10.6 Å². The number of imidazole rings is 1. The Hall–Kier alpha value is -1.77. The van der Waals surface area contributed by atoms with Gasteiger partial charge in [-0.15, -0.1) is 11.8 Å². The molecule has 0 spiro atoms. The second-order valence-electron chi connectivity index (χ2n) is 4.86. The van der Waals surface area contributed by atoms with Crippen LogP contribution in [0.3, 0.4) is 0 Å². The van der Waals surface area contributed by atoms with Crippen molar-refractivity contribution >= 4 is 29.0 Å². The highest BCUT2D eigenvalue weighted by atomic mass is 32.2. The van der Waals surface area contributed by atoms with Crippen LogP contribution in [-0.2, 0) is 0 Å². The molecule has 0 aromatic carbocycles. The van der Waals surface area contributed by atoms with Crippen molar-refractivity contribution in [3.63, 3.8) is 0 Å². The fraction of sp³-hybridized carbons (Fsp3) is 0.385. The van der Waals surface area contributed by atoms with Gasteiger partial charge in [-0.3, -0.25) is 9.20 Å². The van der Waals surface area contributed by atoms with E-state index in [1.54, 1.807) is 22.3 Å². The number of aliphatic hydroxyl groups is 2. The van der Waals surface area contributed by atoms with E-state index in [1.165, 1.54) is 11.8 Å². The normalized spacial score (nSPS) is 22.7. The standard InChI is InChI=1S/C13H16N4O3S/c1-7-8-3-2-4-9(17(8)11(15-7)10(14)18)16-5-6-21-13(20)12(16)19/h2-4,12-13,19-20H,5-6H2,1H3,(H2,14,18). The number of amides is 1. The second kappa shape index (κ2) is 5.21. The summed E-state index contributed by atoms with van der Waals surface area (Å²) in [5, 5.41) is 20.0. The van der Waals surface area contributed by atoms with E-state index >= 15 is 0 Å². The lowest BCUT2D eigenvalue weighted by Gasteiger charge is -2.37. The van der Waals surface area contributed by atoms with Gasteiger partial charge >= 0.3 is 0 Å². The monoisotopic (exact) mass is 308 g/mol. The van der Waals surface area contributed by atoms with Gasteiger partial charge < -0.3 is 20.8 Å². The average molecular weight is 308 g/mol. The molecule has 0 bridgehead atoms. The topological polar surface area (TPSA) is 104 Å². The first-order valence-corrected chi connectivity index (χ1v) is 7.58. The molecule has 0 saturated carbocycles. The average Bonchev–Trinajstić information content (AvgIpc) is 2.80. The van der Waals surface area contributed by atoms with E-state index < -0.39 is 17.6 Å². The number of nitrogens with two attached hydrogens (primary N) is 1. The van der Waals surface area contributed by atoms with E-state index in [4.69, 9.17) is 5.73 Å². The molecule has 1 saturated heterocycles. The van der Waals surface area contributed by atoms with Crippen LogP contribution in [0.4, 0.5) is 5.82 Å². The van der Waals surface area contributed by atoms with E-state index in [1.807, 2.05) is 12.1 Å². The number of thioether (sulfide) groups is 1. The van der Waals surface area contributed by atoms with Crippen LogP contribution in [0.1, 0.15) is 16.3 Å². The predicted octanol–water partition coefficient (Wildman–Crippen LogP) is -0.0684. The van der Waals surface area contributed by atoms with E-state index in [-0.39, 0.29) is 5.82 Å². The Kier molecular flexibility index (Phi) is 3.52. The molecule has 21 heavy (non-hydrogen) atoms. The van der Waals surface area contributed by atoms with Crippen molar-refractivity contribution in [1.29, 1.82) is 0 Å². The van der Waals surface area contributed by atoms with Gasteiger partial charge in [-0.2, -0.15) is 0 Å². The number of aliphatic hydroxyl groups excluding tert-OH is 2. The molecule has 4 N–H and O–H groups in total. The number of nitrogens with zero attached hydrogens (tertiary/aromatic N) is 3. The summed E-state index contributed by atoms with van der Waals surface area (Å²) in [5.41, 5.74) is 5.94. The Morgan fingerprint density at radius 3 is 2.95 bits per heavy atom. The number of aryl methyl sites for hydroxylation is 1. The molecule has 7 nitrogen and oxygen atoms in total. The zero-order valence-corrected chi connectivity index (χ0v) is 12.2. The van der Waals surface area contributed by atoms with E-state index in [2.05, 4.69) is 4.98 Å². The third-order valence-electron chi connectivity index (χ3n) is 3.54. The molecular weight excluding hydrogens is 292 g/mol. The number of carbonyl (C=O) groups is 1. The Balaban J connectivity index is 2.20. The minimum Gasteiger partial charge on any atom is -0.378 e. The van der Waals surface area contributed by atoms with Crippen molar-refractivity contribution in [1.82, 2.24) is 9.38 Å². The fourth-order valence-electron chi connectivity index (χ4n) is 2.55. The number of anilines is 1. The maximum atomic E-state index is 11.6. The van der Waals surface area contributed by atoms with Crippen LogP contribution in [0, 0.1) is 6.92 Å². The van der Waals surface area contributed by atoms with Crippen LogP contribution in [-0.4, -0.2) is 49.5 Å². The number of hydrogen-bond acceptors (Lipinski definition) is 6. The summed E-state index contributed by atoms with van der Waals surface area (Å²) >= 11 is 1.29. The number of primary amides is 1.